The number of nitrogens with zero attached hydrogens (tertiary/aromatic N) is 1. The van der Waals surface area contributed by atoms with Gasteiger partial charge in [-0.2, -0.15) is 0 Å². The van der Waals surface area contributed by atoms with E-state index in [2.05, 4.69) is 6.92 Å². The molecule has 1 amide bonds. The molecule has 0 radical (unpaired) electrons. The molecule has 0 aromatic heterocycles. The number of ether oxygens (including phenoxy) is 1. The molecule has 1 atom stereocenters. The Morgan fingerprint density at radius 3 is 2.30 bits per heavy atom. The number of methoxy groups -OCH3 is 1. The topological polar surface area (TPSA) is 29.5 Å². The van der Waals surface area contributed by atoms with Crippen molar-refractivity contribution >= 4 is 5.91 Å². The molecule has 20 heavy (non-hydrogen) atoms. The molecule has 0 spiro atoms. The van der Waals surface area contributed by atoms with Gasteiger partial charge in [0.2, 0.25) is 0 Å². The number of unbranched alkanes of at least 4 members (excludes halogenated alkanes) is 1. The molecule has 1 rings (SSSR count). The molecule has 0 aliphatic rings. The number of amides is 1. The third-order valence-electron chi connectivity index (χ3n) is 3.33. The Balaban J connectivity index is 3.03. The highest BCUT2D eigenvalue weighted by Gasteiger charge is 2.33. The maximum absolute atomic E-state index is 12.8. The summed E-state index contributed by atoms with van der Waals surface area (Å²) in [4.78, 5) is 14.7. The molecule has 0 saturated carbocycles. The van der Waals surface area contributed by atoms with E-state index in [-0.39, 0.29) is 17.7 Å². The molecule has 1 aromatic carbocycles. The highest BCUT2D eigenvalue weighted by molar-refractivity contribution is 5.94. The number of benzene rings is 1. The van der Waals surface area contributed by atoms with Gasteiger partial charge in [-0.1, -0.05) is 31.5 Å². The summed E-state index contributed by atoms with van der Waals surface area (Å²) in [5.41, 5.74) is 0.433. The molecular formula is C17H27NO2. The number of carbonyl (C=O) groups excluding carboxylic acids is 1. The van der Waals surface area contributed by atoms with Gasteiger partial charge in [0.25, 0.3) is 5.91 Å². The summed E-state index contributed by atoms with van der Waals surface area (Å²) in [5.74, 6) is 0.0288. The van der Waals surface area contributed by atoms with E-state index in [1.54, 1.807) is 7.11 Å². The summed E-state index contributed by atoms with van der Waals surface area (Å²) < 4.78 is 5.59. The minimum absolute atomic E-state index is 0.0288. The van der Waals surface area contributed by atoms with E-state index in [4.69, 9.17) is 4.74 Å². The Labute approximate surface area is 122 Å². The normalized spacial score (nSPS) is 13.1. The highest BCUT2D eigenvalue weighted by Crippen LogP contribution is 2.24. The van der Waals surface area contributed by atoms with E-state index < -0.39 is 0 Å². The molecule has 1 unspecified atom stereocenters. The van der Waals surface area contributed by atoms with Crippen molar-refractivity contribution in [2.45, 2.75) is 58.7 Å². The van der Waals surface area contributed by atoms with E-state index in [0.717, 1.165) is 19.3 Å². The summed E-state index contributed by atoms with van der Waals surface area (Å²) in [7, 11) is 1.68. The summed E-state index contributed by atoms with van der Waals surface area (Å²) >= 11 is 0. The number of rotatable bonds is 6. The van der Waals surface area contributed by atoms with E-state index in [0.29, 0.717) is 5.56 Å². The first-order valence-electron chi connectivity index (χ1n) is 7.33. The minimum atomic E-state index is -0.276. The Bertz CT molecular complexity index is 409. The van der Waals surface area contributed by atoms with Crippen LogP contribution < -0.4 is 0 Å². The predicted molar refractivity (Wildman–Crippen MR) is 82.7 cm³/mol. The number of carbonyl (C=O) groups is 1. The van der Waals surface area contributed by atoms with Crippen LogP contribution in [0.25, 0.3) is 0 Å². The molecule has 0 fully saturated rings. The first-order valence-corrected chi connectivity index (χ1v) is 7.33. The van der Waals surface area contributed by atoms with Crippen LogP contribution in [0.5, 0.6) is 0 Å². The molecule has 0 aliphatic heterocycles. The first kappa shape index (κ1) is 16.7. The first-order chi connectivity index (χ1) is 9.41. The Hall–Kier alpha value is -1.35. The van der Waals surface area contributed by atoms with Gasteiger partial charge in [-0.05, 0) is 45.7 Å². The van der Waals surface area contributed by atoms with Crippen molar-refractivity contribution in [3.05, 3.63) is 35.9 Å². The zero-order valence-electron chi connectivity index (χ0n) is 13.3. The molecule has 0 aliphatic carbocycles. The summed E-state index contributed by atoms with van der Waals surface area (Å²) in [6.07, 6.45) is 2.83. The molecule has 1 aromatic rings. The van der Waals surface area contributed by atoms with Crippen LogP contribution >= 0.6 is 0 Å². The van der Waals surface area contributed by atoms with Crippen LogP contribution in [0.1, 0.15) is 57.3 Å². The van der Waals surface area contributed by atoms with Crippen molar-refractivity contribution in [2.24, 2.45) is 0 Å². The van der Waals surface area contributed by atoms with Gasteiger partial charge >= 0.3 is 0 Å². The maximum atomic E-state index is 12.8. The second-order valence-corrected chi connectivity index (χ2v) is 6.04. The fourth-order valence-corrected chi connectivity index (χ4v) is 2.32. The van der Waals surface area contributed by atoms with Crippen molar-refractivity contribution < 1.29 is 9.53 Å². The van der Waals surface area contributed by atoms with Crippen molar-refractivity contribution in [3.63, 3.8) is 0 Å². The smallest absolute Gasteiger partial charge is 0.256 e. The standard InChI is InChI=1S/C17H27NO2/c1-6-7-13-15(20-5)18(17(2,3)4)16(19)14-11-9-8-10-12-14/h8-12,15H,6-7,13H2,1-5H3. The van der Waals surface area contributed by atoms with E-state index in [1.165, 1.54) is 0 Å². The molecule has 0 saturated heterocycles. The van der Waals surface area contributed by atoms with E-state index in [1.807, 2.05) is 56.0 Å². The number of hydrogen-bond acceptors (Lipinski definition) is 2. The second-order valence-electron chi connectivity index (χ2n) is 6.04. The van der Waals surface area contributed by atoms with Crippen LogP contribution in [-0.4, -0.2) is 29.7 Å². The van der Waals surface area contributed by atoms with Crippen LogP contribution in [0.3, 0.4) is 0 Å². The van der Waals surface area contributed by atoms with Crippen LogP contribution in [0, 0.1) is 0 Å². The number of hydrogen-bond donors (Lipinski definition) is 0. The largest absolute Gasteiger partial charge is 0.362 e. The van der Waals surface area contributed by atoms with Crippen LogP contribution in [0.4, 0.5) is 0 Å². The molecule has 0 bridgehead atoms. The fourth-order valence-electron chi connectivity index (χ4n) is 2.32. The van der Waals surface area contributed by atoms with Gasteiger partial charge < -0.3 is 9.64 Å². The Morgan fingerprint density at radius 2 is 1.85 bits per heavy atom. The second kappa shape index (κ2) is 7.44. The highest BCUT2D eigenvalue weighted by atomic mass is 16.5. The van der Waals surface area contributed by atoms with Gasteiger partial charge in [0.1, 0.15) is 6.23 Å². The van der Waals surface area contributed by atoms with E-state index in [9.17, 15) is 4.79 Å². The van der Waals surface area contributed by atoms with Crippen LogP contribution in [0.2, 0.25) is 0 Å². The van der Waals surface area contributed by atoms with Gasteiger partial charge in [-0.25, -0.2) is 0 Å². The third-order valence-corrected chi connectivity index (χ3v) is 3.33. The van der Waals surface area contributed by atoms with Crippen molar-refractivity contribution in [1.29, 1.82) is 0 Å². The Morgan fingerprint density at radius 1 is 1.25 bits per heavy atom. The molecule has 3 nitrogen and oxygen atoms in total. The predicted octanol–water partition coefficient (Wildman–Crippen LogP) is 4.09. The van der Waals surface area contributed by atoms with Gasteiger partial charge in [0.05, 0.1) is 0 Å². The van der Waals surface area contributed by atoms with Crippen LogP contribution in [-0.2, 0) is 4.74 Å². The van der Waals surface area contributed by atoms with Crippen molar-refractivity contribution in [1.82, 2.24) is 4.90 Å². The zero-order valence-corrected chi connectivity index (χ0v) is 13.3. The van der Waals surface area contributed by atoms with Gasteiger partial charge in [-0.3, -0.25) is 4.79 Å². The van der Waals surface area contributed by atoms with Crippen molar-refractivity contribution in [3.8, 4) is 0 Å². The molecule has 3 heteroatoms. The molecular weight excluding hydrogens is 250 g/mol. The fraction of sp³-hybridized carbons (Fsp3) is 0.588. The van der Waals surface area contributed by atoms with Crippen molar-refractivity contribution in [2.75, 3.05) is 7.11 Å². The zero-order chi connectivity index (χ0) is 15.2. The third kappa shape index (κ3) is 4.34. The average molecular weight is 277 g/mol. The molecule has 0 N–H and O–H groups in total. The summed E-state index contributed by atoms with van der Waals surface area (Å²) in [6.45, 7) is 8.29. The lowest BCUT2D eigenvalue weighted by atomic mass is 10.0. The average Bonchev–Trinajstić information content (AvgIpc) is 2.42. The van der Waals surface area contributed by atoms with Gasteiger partial charge in [-0.15, -0.1) is 0 Å². The molecule has 0 heterocycles. The lowest BCUT2D eigenvalue weighted by Gasteiger charge is -2.41. The monoisotopic (exact) mass is 277 g/mol. The minimum Gasteiger partial charge on any atom is -0.362 e. The Kier molecular flexibility index (Phi) is 6.21. The summed E-state index contributed by atoms with van der Waals surface area (Å²) in [6, 6.07) is 9.41. The molecule has 112 valence electrons. The van der Waals surface area contributed by atoms with Gasteiger partial charge in [0.15, 0.2) is 0 Å². The van der Waals surface area contributed by atoms with E-state index >= 15 is 0 Å². The SMILES string of the molecule is CCCCC(OC)N(C(=O)c1ccccc1)C(C)(C)C. The lowest BCUT2D eigenvalue weighted by Crippen LogP contribution is -2.52. The maximum Gasteiger partial charge on any atom is 0.256 e. The quantitative estimate of drug-likeness (QED) is 0.733. The van der Waals surface area contributed by atoms with Gasteiger partial charge in [0, 0.05) is 18.2 Å². The van der Waals surface area contributed by atoms with Crippen LogP contribution in [0.15, 0.2) is 30.3 Å². The lowest BCUT2D eigenvalue weighted by molar-refractivity contribution is -0.0606. The summed E-state index contributed by atoms with van der Waals surface area (Å²) in [5, 5.41) is 0.